The molecule has 0 fully saturated rings. The van der Waals surface area contributed by atoms with E-state index in [0.717, 1.165) is 0 Å². The zero-order valence-electron chi connectivity index (χ0n) is 9.25. The summed E-state index contributed by atoms with van der Waals surface area (Å²) in [6.45, 7) is 0. The smallest absolute Gasteiger partial charge is 0.274 e. The van der Waals surface area contributed by atoms with Gasteiger partial charge in [0.1, 0.15) is 5.69 Å². The summed E-state index contributed by atoms with van der Waals surface area (Å²) >= 11 is 5.67. The molecule has 3 nitrogen and oxygen atoms in total. The van der Waals surface area contributed by atoms with Gasteiger partial charge in [-0.25, -0.2) is 13.2 Å². The highest BCUT2D eigenvalue weighted by molar-refractivity contribution is 6.30. The van der Waals surface area contributed by atoms with E-state index in [1.54, 1.807) is 0 Å². The van der Waals surface area contributed by atoms with Gasteiger partial charge in [0.25, 0.3) is 5.91 Å². The molecular formula is C12H6ClF3N2O. The SMILES string of the molecule is O=C(Nc1cc(F)c(F)c(F)c1)c1cc(Cl)ccn1. The molecule has 0 radical (unpaired) electrons. The molecule has 0 aliphatic carbocycles. The van der Waals surface area contributed by atoms with E-state index in [1.807, 2.05) is 0 Å². The van der Waals surface area contributed by atoms with Crippen molar-refractivity contribution in [1.29, 1.82) is 0 Å². The van der Waals surface area contributed by atoms with Crippen molar-refractivity contribution in [3.63, 3.8) is 0 Å². The quantitative estimate of drug-likeness (QED) is 0.860. The van der Waals surface area contributed by atoms with E-state index in [4.69, 9.17) is 11.6 Å². The number of amides is 1. The number of nitrogens with zero attached hydrogens (tertiary/aromatic N) is 1. The summed E-state index contributed by atoms with van der Waals surface area (Å²) in [5.74, 6) is -5.10. The van der Waals surface area contributed by atoms with Crippen molar-refractivity contribution in [2.45, 2.75) is 0 Å². The van der Waals surface area contributed by atoms with E-state index in [2.05, 4.69) is 10.3 Å². The van der Waals surface area contributed by atoms with Crippen LogP contribution in [0, 0.1) is 17.5 Å². The molecule has 1 amide bonds. The van der Waals surface area contributed by atoms with Crippen LogP contribution in [0.25, 0.3) is 0 Å². The Labute approximate surface area is 111 Å². The van der Waals surface area contributed by atoms with Crippen LogP contribution in [0.4, 0.5) is 18.9 Å². The molecule has 0 aliphatic heterocycles. The van der Waals surface area contributed by atoms with Gasteiger partial charge in [0.05, 0.1) is 0 Å². The minimum Gasteiger partial charge on any atom is -0.320 e. The van der Waals surface area contributed by atoms with Crippen LogP contribution in [0.15, 0.2) is 30.5 Å². The third-order valence-electron chi connectivity index (χ3n) is 2.20. The first-order chi connectivity index (χ1) is 8.97. The number of pyridine rings is 1. The summed E-state index contributed by atoms with van der Waals surface area (Å²) in [6, 6.07) is 4.09. The van der Waals surface area contributed by atoms with Crippen molar-refractivity contribution in [2.24, 2.45) is 0 Å². The largest absolute Gasteiger partial charge is 0.320 e. The lowest BCUT2D eigenvalue weighted by Gasteiger charge is -2.06. The Bertz CT molecular complexity index is 626. The Kier molecular flexibility index (Phi) is 3.71. The molecule has 19 heavy (non-hydrogen) atoms. The van der Waals surface area contributed by atoms with Crippen molar-refractivity contribution in [3.8, 4) is 0 Å². The average Bonchev–Trinajstić information content (AvgIpc) is 2.36. The average molecular weight is 287 g/mol. The summed E-state index contributed by atoms with van der Waals surface area (Å²) in [5, 5.41) is 2.48. The highest BCUT2D eigenvalue weighted by Gasteiger charge is 2.13. The maximum atomic E-state index is 13.0. The normalized spacial score (nSPS) is 10.3. The van der Waals surface area contributed by atoms with Gasteiger partial charge in [-0.3, -0.25) is 9.78 Å². The Morgan fingerprint density at radius 2 is 1.79 bits per heavy atom. The van der Waals surface area contributed by atoms with E-state index in [-0.39, 0.29) is 16.4 Å². The monoisotopic (exact) mass is 286 g/mol. The third kappa shape index (κ3) is 3.03. The Balaban J connectivity index is 2.24. The fourth-order valence-corrected chi connectivity index (χ4v) is 1.51. The molecule has 0 unspecified atom stereocenters. The van der Waals surface area contributed by atoms with Crippen LogP contribution < -0.4 is 5.32 Å². The number of nitrogens with one attached hydrogen (secondary N) is 1. The number of halogens is 4. The minimum absolute atomic E-state index is 0.0300. The lowest BCUT2D eigenvalue weighted by atomic mass is 10.2. The predicted octanol–water partition coefficient (Wildman–Crippen LogP) is 3.40. The first-order valence-corrected chi connectivity index (χ1v) is 5.42. The van der Waals surface area contributed by atoms with Crippen LogP contribution in [0.5, 0.6) is 0 Å². The van der Waals surface area contributed by atoms with Crippen LogP contribution in [0.1, 0.15) is 10.5 Å². The maximum absolute atomic E-state index is 13.0. The topological polar surface area (TPSA) is 42.0 Å². The van der Waals surface area contributed by atoms with Gasteiger partial charge in [-0.1, -0.05) is 11.6 Å². The van der Waals surface area contributed by atoms with Crippen molar-refractivity contribution in [1.82, 2.24) is 4.98 Å². The molecule has 0 saturated heterocycles. The number of hydrogen-bond donors (Lipinski definition) is 1. The van der Waals surface area contributed by atoms with Gasteiger partial charge in [0.15, 0.2) is 17.5 Å². The molecule has 0 bridgehead atoms. The Morgan fingerprint density at radius 1 is 1.16 bits per heavy atom. The molecule has 1 N–H and O–H groups in total. The third-order valence-corrected chi connectivity index (χ3v) is 2.43. The van der Waals surface area contributed by atoms with E-state index in [0.29, 0.717) is 12.1 Å². The van der Waals surface area contributed by atoms with Crippen molar-refractivity contribution >= 4 is 23.2 Å². The summed E-state index contributed by atoms with van der Waals surface area (Å²) in [4.78, 5) is 15.4. The standard InChI is InChI=1S/C12H6ClF3N2O/c13-6-1-2-17-10(3-6)12(19)18-7-4-8(14)11(16)9(15)5-7/h1-5H,(H,18,19). The Morgan fingerprint density at radius 3 is 2.37 bits per heavy atom. The Hall–Kier alpha value is -2.08. The van der Waals surface area contributed by atoms with Crippen molar-refractivity contribution in [3.05, 3.63) is 58.6 Å². The van der Waals surface area contributed by atoms with E-state index >= 15 is 0 Å². The van der Waals surface area contributed by atoms with E-state index in [1.165, 1.54) is 18.3 Å². The molecule has 1 aromatic heterocycles. The van der Waals surface area contributed by atoms with Crippen LogP contribution in [0.3, 0.4) is 0 Å². The number of aromatic nitrogens is 1. The number of hydrogen-bond acceptors (Lipinski definition) is 2. The summed E-state index contributed by atoms with van der Waals surface area (Å²) in [6.07, 6.45) is 1.31. The molecule has 7 heteroatoms. The van der Waals surface area contributed by atoms with Gasteiger partial charge in [0, 0.05) is 29.0 Å². The summed E-state index contributed by atoms with van der Waals surface area (Å²) < 4.78 is 38.6. The fourth-order valence-electron chi connectivity index (χ4n) is 1.35. The summed E-state index contributed by atoms with van der Waals surface area (Å²) in [5.41, 5.74) is -0.249. The highest BCUT2D eigenvalue weighted by Crippen LogP contribution is 2.18. The minimum atomic E-state index is -1.60. The van der Waals surface area contributed by atoms with E-state index in [9.17, 15) is 18.0 Å². The molecule has 1 aromatic carbocycles. The second-order valence-electron chi connectivity index (χ2n) is 3.57. The summed E-state index contributed by atoms with van der Waals surface area (Å²) in [7, 11) is 0. The molecule has 2 rings (SSSR count). The molecule has 0 saturated carbocycles. The maximum Gasteiger partial charge on any atom is 0.274 e. The van der Waals surface area contributed by atoms with Gasteiger partial charge in [-0.05, 0) is 12.1 Å². The number of carbonyl (C=O) groups excluding carboxylic acids is 1. The molecule has 0 spiro atoms. The molecule has 0 aliphatic rings. The zero-order chi connectivity index (χ0) is 14.0. The fraction of sp³-hybridized carbons (Fsp3) is 0. The molecule has 98 valence electrons. The lowest BCUT2D eigenvalue weighted by molar-refractivity contribution is 0.102. The second kappa shape index (κ2) is 5.27. The highest BCUT2D eigenvalue weighted by atomic mass is 35.5. The van der Waals surface area contributed by atoms with Crippen LogP contribution in [-0.4, -0.2) is 10.9 Å². The van der Waals surface area contributed by atoms with E-state index < -0.39 is 23.4 Å². The van der Waals surface area contributed by atoms with Crippen molar-refractivity contribution < 1.29 is 18.0 Å². The molecular weight excluding hydrogens is 281 g/mol. The number of rotatable bonds is 2. The van der Waals surface area contributed by atoms with Crippen molar-refractivity contribution in [2.75, 3.05) is 5.32 Å². The van der Waals surface area contributed by atoms with Gasteiger partial charge < -0.3 is 5.32 Å². The zero-order valence-corrected chi connectivity index (χ0v) is 10.0. The van der Waals surface area contributed by atoms with Gasteiger partial charge in [-0.2, -0.15) is 0 Å². The van der Waals surface area contributed by atoms with Gasteiger partial charge in [0.2, 0.25) is 0 Å². The second-order valence-corrected chi connectivity index (χ2v) is 4.00. The lowest BCUT2D eigenvalue weighted by Crippen LogP contribution is -2.14. The van der Waals surface area contributed by atoms with Gasteiger partial charge in [-0.15, -0.1) is 0 Å². The van der Waals surface area contributed by atoms with Crippen LogP contribution in [0.2, 0.25) is 5.02 Å². The molecule has 1 heterocycles. The van der Waals surface area contributed by atoms with Crippen LogP contribution in [-0.2, 0) is 0 Å². The number of benzene rings is 1. The molecule has 2 aromatic rings. The first kappa shape index (κ1) is 13.4. The number of carbonyl (C=O) groups is 1. The van der Waals surface area contributed by atoms with Gasteiger partial charge >= 0.3 is 0 Å². The first-order valence-electron chi connectivity index (χ1n) is 5.05. The number of anilines is 1. The van der Waals surface area contributed by atoms with Crippen LogP contribution >= 0.6 is 11.6 Å². The molecule has 0 atom stereocenters. The predicted molar refractivity (Wildman–Crippen MR) is 63.5 cm³/mol.